The van der Waals surface area contributed by atoms with E-state index >= 15 is 0 Å². The van der Waals surface area contributed by atoms with Crippen LogP contribution in [0.1, 0.15) is 44.9 Å². The third-order valence-electron chi connectivity index (χ3n) is 6.34. The predicted molar refractivity (Wildman–Crippen MR) is 115 cm³/mol. The molecule has 1 aromatic heterocycles. The summed E-state index contributed by atoms with van der Waals surface area (Å²) in [6.07, 6.45) is 5.57. The Kier molecular flexibility index (Phi) is 6.71. The molecule has 0 unspecified atom stereocenters. The van der Waals surface area contributed by atoms with Gasteiger partial charge in [-0.25, -0.2) is 9.83 Å². The number of aromatic nitrogens is 2. The third-order valence-corrected chi connectivity index (χ3v) is 6.34. The zero-order valence-corrected chi connectivity index (χ0v) is 17.8. The molecule has 3 rings (SSSR count). The normalized spacial score (nSPS) is 15.3. The highest BCUT2D eigenvalue weighted by molar-refractivity contribution is 5.82. The monoisotopic (exact) mass is 393 g/mol. The lowest BCUT2D eigenvalue weighted by Crippen LogP contribution is -2.52. The van der Waals surface area contributed by atoms with Gasteiger partial charge >= 0.3 is 0 Å². The molecule has 0 spiro atoms. The Labute approximate surface area is 174 Å². The molecule has 0 aliphatic carbocycles. The highest BCUT2D eigenvalue weighted by Crippen LogP contribution is 2.28. The Bertz CT molecular complexity index is 852. The van der Waals surface area contributed by atoms with E-state index in [2.05, 4.69) is 40.1 Å². The molecule has 0 N–H and O–H groups in total. The van der Waals surface area contributed by atoms with Crippen molar-refractivity contribution in [1.82, 2.24) is 19.4 Å². The summed E-state index contributed by atoms with van der Waals surface area (Å²) in [4.78, 5) is 25.1. The van der Waals surface area contributed by atoms with E-state index in [0.717, 1.165) is 57.7 Å². The van der Waals surface area contributed by atoms with Crippen molar-refractivity contribution < 1.29 is 4.79 Å². The standard InChI is InChI=1S/C23H31N5O/c1-5-23(3,6-2)22(29)27-13-11-26(12-14-27)17-21-15-25-18-28(21)16-19-7-9-20(24-4)10-8-19/h7-10,15,18H,5-6,11-14,16-17H2,1-3H3. The van der Waals surface area contributed by atoms with Gasteiger partial charge < -0.3 is 9.47 Å². The van der Waals surface area contributed by atoms with Gasteiger partial charge in [0.25, 0.3) is 0 Å². The van der Waals surface area contributed by atoms with Crippen molar-refractivity contribution in [3.8, 4) is 0 Å². The lowest BCUT2D eigenvalue weighted by Gasteiger charge is -2.39. The van der Waals surface area contributed by atoms with Gasteiger partial charge in [0, 0.05) is 50.9 Å². The number of imidazole rings is 1. The molecule has 0 atom stereocenters. The van der Waals surface area contributed by atoms with Crippen LogP contribution in [-0.4, -0.2) is 51.4 Å². The van der Waals surface area contributed by atoms with E-state index in [4.69, 9.17) is 6.57 Å². The van der Waals surface area contributed by atoms with Crippen LogP contribution in [-0.2, 0) is 17.9 Å². The molecule has 1 aromatic carbocycles. The minimum atomic E-state index is -0.233. The average molecular weight is 394 g/mol. The second-order valence-electron chi connectivity index (χ2n) is 8.13. The highest BCUT2D eigenvalue weighted by Gasteiger charge is 2.34. The fourth-order valence-corrected chi connectivity index (χ4v) is 3.77. The van der Waals surface area contributed by atoms with E-state index in [1.165, 1.54) is 5.69 Å². The molecule has 2 aromatic rings. The van der Waals surface area contributed by atoms with Crippen LogP contribution in [0.3, 0.4) is 0 Å². The molecule has 0 saturated carbocycles. The summed E-state index contributed by atoms with van der Waals surface area (Å²) in [6, 6.07) is 7.71. The van der Waals surface area contributed by atoms with E-state index in [1.54, 1.807) is 0 Å². The number of hydrogen-bond donors (Lipinski definition) is 0. The summed E-state index contributed by atoms with van der Waals surface area (Å²) in [5.41, 5.74) is 2.76. The van der Waals surface area contributed by atoms with Gasteiger partial charge in [0.2, 0.25) is 5.91 Å². The molecule has 29 heavy (non-hydrogen) atoms. The van der Waals surface area contributed by atoms with Gasteiger partial charge in [-0.1, -0.05) is 45.0 Å². The van der Waals surface area contributed by atoms with Crippen LogP contribution in [0.15, 0.2) is 36.8 Å². The van der Waals surface area contributed by atoms with Gasteiger partial charge in [-0.15, -0.1) is 0 Å². The number of nitrogens with zero attached hydrogens (tertiary/aromatic N) is 5. The molecular weight excluding hydrogens is 362 g/mol. The summed E-state index contributed by atoms with van der Waals surface area (Å²) in [7, 11) is 0. The molecule has 2 heterocycles. The van der Waals surface area contributed by atoms with Crippen LogP contribution in [0.4, 0.5) is 5.69 Å². The molecule has 154 valence electrons. The number of rotatable bonds is 7. The number of amides is 1. The lowest BCUT2D eigenvalue weighted by molar-refractivity contribution is -0.143. The smallest absolute Gasteiger partial charge is 0.228 e. The van der Waals surface area contributed by atoms with E-state index < -0.39 is 0 Å². The summed E-state index contributed by atoms with van der Waals surface area (Å²) in [5, 5.41) is 0. The predicted octanol–water partition coefficient (Wildman–Crippen LogP) is 3.95. The van der Waals surface area contributed by atoms with Crippen molar-refractivity contribution in [2.24, 2.45) is 5.41 Å². The van der Waals surface area contributed by atoms with E-state index in [9.17, 15) is 4.79 Å². The highest BCUT2D eigenvalue weighted by atomic mass is 16.2. The van der Waals surface area contributed by atoms with Gasteiger partial charge in [-0.05, 0) is 18.4 Å². The van der Waals surface area contributed by atoms with Crippen molar-refractivity contribution in [3.05, 3.63) is 59.5 Å². The first-order valence-electron chi connectivity index (χ1n) is 10.5. The molecule has 0 radical (unpaired) electrons. The maximum atomic E-state index is 12.9. The summed E-state index contributed by atoms with van der Waals surface area (Å²) in [5.74, 6) is 0.301. The van der Waals surface area contributed by atoms with E-state index in [-0.39, 0.29) is 5.41 Å². The topological polar surface area (TPSA) is 45.7 Å². The lowest BCUT2D eigenvalue weighted by atomic mass is 9.83. The van der Waals surface area contributed by atoms with Gasteiger partial charge in [-0.3, -0.25) is 9.69 Å². The Morgan fingerprint density at radius 2 is 1.76 bits per heavy atom. The summed E-state index contributed by atoms with van der Waals surface area (Å²) < 4.78 is 2.16. The van der Waals surface area contributed by atoms with Crippen LogP contribution in [0.25, 0.3) is 4.85 Å². The van der Waals surface area contributed by atoms with Gasteiger partial charge in [0.15, 0.2) is 5.69 Å². The molecular formula is C23H31N5O. The first-order valence-corrected chi connectivity index (χ1v) is 10.5. The van der Waals surface area contributed by atoms with Crippen LogP contribution in [0, 0.1) is 12.0 Å². The van der Waals surface area contributed by atoms with E-state index in [0.29, 0.717) is 11.6 Å². The molecule has 1 fully saturated rings. The first kappa shape index (κ1) is 21.1. The quantitative estimate of drug-likeness (QED) is 0.669. The van der Waals surface area contributed by atoms with Gasteiger partial charge in [0.05, 0.1) is 18.6 Å². The number of benzene rings is 1. The number of carbonyl (C=O) groups is 1. The van der Waals surface area contributed by atoms with Gasteiger partial charge in [0.1, 0.15) is 0 Å². The number of hydrogen-bond acceptors (Lipinski definition) is 3. The Balaban J connectivity index is 1.57. The van der Waals surface area contributed by atoms with Crippen LogP contribution in [0.5, 0.6) is 0 Å². The van der Waals surface area contributed by atoms with Crippen molar-refractivity contribution >= 4 is 11.6 Å². The first-order chi connectivity index (χ1) is 14.0. The largest absolute Gasteiger partial charge is 0.340 e. The van der Waals surface area contributed by atoms with E-state index in [1.807, 2.05) is 41.7 Å². The Hall–Kier alpha value is -2.65. The van der Waals surface area contributed by atoms with Crippen molar-refractivity contribution in [2.45, 2.75) is 46.7 Å². The second kappa shape index (κ2) is 9.23. The molecule has 1 amide bonds. The zero-order valence-electron chi connectivity index (χ0n) is 17.8. The molecule has 1 aliphatic heterocycles. The van der Waals surface area contributed by atoms with Crippen LogP contribution < -0.4 is 0 Å². The van der Waals surface area contributed by atoms with Gasteiger partial charge in [-0.2, -0.15) is 0 Å². The maximum absolute atomic E-state index is 12.9. The SMILES string of the molecule is [C-]#[N+]c1ccc(Cn2cncc2CN2CCN(C(=O)C(C)(CC)CC)CC2)cc1. The van der Waals surface area contributed by atoms with Crippen molar-refractivity contribution in [1.29, 1.82) is 0 Å². The Morgan fingerprint density at radius 3 is 2.34 bits per heavy atom. The average Bonchev–Trinajstić information content (AvgIpc) is 3.20. The number of carbonyl (C=O) groups excluding carboxylic acids is 1. The van der Waals surface area contributed by atoms with Crippen molar-refractivity contribution in [2.75, 3.05) is 26.2 Å². The molecule has 6 nitrogen and oxygen atoms in total. The molecule has 0 bridgehead atoms. The maximum Gasteiger partial charge on any atom is 0.228 e. The fourth-order valence-electron chi connectivity index (χ4n) is 3.77. The molecule has 1 aliphatic rings. The molecule has 6 heteroatoms. The molecule has 1 saturated heterocycles. The van der Waals surface area contributed by atoms with Crippen molar-refractivity contribution in [3.63, 3.8) is 0 Å². The fraction of sp³-hybridized carbons (Fsp3) is 0.522. The van der Waals surface area contributed by atoms with Crippen LogP contribution >= 0.6 is 0 Å². The second-order valence-corrected chi connectivity index (χ2v) is 8.13. The van der Waals surface area contributed by atoms with Crippen LogP contribution in [0.2, 0.25) is 0 Å². The number of piperazine rings is 1. The minimum Gasteiger partial charge on any atom is -0.340 e. The zero-order chi connectivity index (χ0) is 20.9. The Morgan fingerprint density at radius 1 is 1.10 bits per heavy atom. The summed E-state index contributed by atoms with van der Waals surface area (Å²) in [6.45, 7) is 18.3. The summed E-state index contributed by atoms with van der Waals surface area (Å²) >= 11 is 0. The third kappa shape index (κ3) is 4.86. The minimum absolute atomic E-state index is 0.233.